The third-order valence-electron chi connectivity index (χ3n) is 5.45. The molecule has 4 rings (SSSR count). The largest absolute Gasteiger partial charge is 0.497 e. The van der Waals surface area contributed by atoms with Crippen molar-refractivity contribution in [1.82, 2.24) is 9.29 Å². The second-order valence-corrected chi connectivity index (χ2v) is 10.1. The maximum absolute atomic E-state index is 14.1. The summed E-state index contributed by atoms with van der Waals surface area (Å²) in [4.78, 5) is 4.47. The van der Waals surface area contributed by atoms with Crippen LogP contribution in [-0.2, 0) is 10.0 Å². The lowest BCUT2D eigenvalue weighted by Gasteiger charge is -2.33. The zero-order valence-corrected chi connectivity index (χ0v) is 20.0. The van der Waals surface area contributed by atoms with Gasteiger partial charge in [0.2, 0.25) is 15.8 Å². The first kappa shape index (κ1) is 25.1. The van der Waals surface area contributed by atoms with Gasteiger partial charge in [-0.05, 0) is 18.2 Å². The lowest BCUT2D eigenvalue weighted by molar-refractivity contribution is 0.344. The van der Waals surface area contributed by atoms with Crippen molar-refractivity contribution in [1.29, 1.82) is 0 Å². The van der Waals surface area contributed by atoms with Crippen molar-refractivity contribution >= 4 is 26.5 Å². The number of halogens is 5. The van der Waals surface area contributed by atoms with Gasteiger partial charge >= 0.3 is 0 Å². The normalized spacial score (nSPS) is 14.9. The maximum atomic E-state index is 14.1. The molecule has 1 fully saturated rings. The Kier molecular flexibility index (Phi) is 6.88. The molecule has 14 heteroatoms. The molecule has 0 bridgehead atoms. The van der Waals surface area contributed by atoms with E-state index in [1.54, 1.807) is 28.5 Å². The van der Waals surface area contributed by atoms with Gasteiger partial charge in [0, 0.05) is 37.1 Å². The molecule has 0 radical (unpaired) electrons. The molecule has 0 N–H and O–H groups in total. The van der Waals surface area contributed by atoms with Crippen molar-refractivity contribution < 1.29 is 39.8 Å². The minimum Gasteiger partial charge on any atom is -0.497 e. The van der Waals surface area contributed by atoms with E-state index in [1.807, 2.05) is 0 Å². The van der Waals surface area contributed by atoms with Crippen LogP contribution in [0.15, 0.2) is 28.5 Å². The molecule has 1 aliphatic heterocycles. The quantitative estimate of drug-likeness (QED) is 0.270. The Balaban J connectivity index is 1.55. The number of methoxy groups -OCH3 is 2. The van der Waals surface area contributed by atoms with Crippen LogP contribution in [0.3, 0.4) is 0 Å². The Hall–Kier alpha value is -2.97. The summed E-state index contributed by atoms with van der Waals surface area (Å²) in [5.41, 5.74) is 1.28. The highest BCUT2D eigenvalue weighted by Gasteiger charge is 2.38. The lowest BCUT2D eigenvalue weighted by atomic mass is 10.1. The van der Waals surface area contributed by atoms with Crippen LogP contribution in [0.1, 0.15) is 0 Å². The number of rotatable bonds is 6. The van der Waals surface area contributed by atoms with Crippen molar-refractivity contribution in [2.24, 2.45) is 0 Å². The van der Waals surface area contributed by atoms with Gasteiger partial charge in [-0.15, -0.1) is 11.3 Å². The summed E-state index contributed by atoms with van der Waals surface area (Å²) in [5, 5.41) is 2.34. The molecule has 1 saturated heterocycles. The molecule has 35 heavy (non-hydrogen) atoms. The van der Waals surface area contributed by atoms with Gasteiger partial charge in [-0.2, -0.15) is 4.31 Å². The summed E-state index contributed by atoms with van der Waals surface area (Å²) in [6.07, 6.45) is 0. The topological polar surface area (TPSA) is 72.0 Å². The Morgan fingerprint density at radius 3 is 2.06 bits per heavy atom. The van der Waals surface area contributed by atoms with Gasteiger partial charge in [0.1, 0.15) is 11.5 Å². The molecular weight excluding hydrogens is 517 g/mol. The molecule has 1 aliphatic rings. The van der Waals surface area contributed by atoms with Crippen LogP contribution in [0, 0.1) is 29.1 Å². The van der Waals surface area contributed by atoms with Crippen molar-refractivity contribution in [2.75, 3.05) is 45.3 Å². The highest BCUT2D eigenvalue weighted by molar-refractivity contribution is 7.89. The molecule has 0 amide bonds. The third kappa shape index (κ3) is 4.41. The fourth-order valence-electron chi connectivity index (χ4n) is 3.61. The minimum atomic E-state index is -4.98. The van der Waals surface area contributed by atoms with E-state index in [0.29, 0.717) is 32.2 Å². The summed E-state index contributed by atoms with van der Waals surface area (Å²) in [6.45, 7) is -0.341. The first-order chi connectivity index (χ1) is 16.6. The van der Waals surface area contributed by atoms with Crippen molar-refractivity contribution in [2.45, 2.75) is 4.90 Å². The average molecular weight is 536 g/mol. The first-order valence-electron chi connectivity index (χ1n) is 10.0. The van der Waals surface area contributed by atoms with Crippen LogP contribution in [-0.4, -0.2) is 58.1 Å². The van der Waals surface area contributed by atoms with Gasteiger partial charge in [0.15, 0.2) is 33.3 Å². The Morgan fingerprint density at radius 2 is 1.49 bits per heavy atom. The molecule has 0 spiro atoms. The van der Waals surface area contributed by atoms with E-state index < -0.39 is 44.0 Å². The fourth-order valence-corrected chi connectivity index (χ4v) is 6.02. The van der Waals surface area contributed by atoms with Crippen LogP contribution in [0.5, 0.6) is 11.5 Å². The lowest BCUT2D eigenvalue weighted by Crippen LogP contribution is -2.49. The summed E-state index contributed by atoms with van der Waals surface area (Å²) in [6, 6.07) is 5.22. The number of anilines is 1. The molecule has 0 aliphatic carbocycles. The van der Waals surface area contributed by atoms with Gasteiger partial charge in [-0.25, -0.2) is 35.4 Å². The zero-order chi connectivity index (χ0) is 25.5. The number of hydrogen-bond acceptors (Lipinski definition) is 7. The molecule has 7 nitrogen and oxygen atoms in total. The molecule has 3 aromatic rings. The third-order valence-corrected chi connectivity index (χ3v) is 8.27. The Bertz CT molecular complexity index is 1350. The van der Waals surface area contributed by atoms with Crippen LogP contribution < -0.4 is 14.4 Å². The summed E-state index contributed by atoms with van der Waals surface area (Å²) < 4.78 is 105. The van der Waals surface area contributed by atoms with Gasteiger partial charge in [0.05, 0.1) is 19.9 Å². The minimum absolute atomic E-state index is 0.0802. The average Bonchev–Trinajstić information content (AvgIpc) is 3.36. The highest BCUT2D eigenvalue weighted by Crippen LogP contribution is 2.36. The number of benzene rings is 2. The van der Waals surface area contributed by atoms with Crippen LogP contribution in [0.2, 0.25) is 0 Å². The van der Waals surface area contributed by atoms with Crippen LogP contribution in [0.4, 0.5) is 27.1 Å². The maximum Gasteiger partial charge on any atom is 0.249 e. The molecular formula is C21H18F5N3O4S2. The number of aromatic nitrogens is 1. The number of nitrogens with zero attached hydrogens (tertiary/aromatic N) is 3. The van der Waals surface area contributed by atoms with Crippen molar-refractivity contribution in [3.63, 3.8) is 0 Å². The predicted molar refractivity (Wildman–Crippen MR) is 118 cm³/mol. The van der Waals surface area contributed by atoms with Gasteiger partial charge < -0.3 is 14.4 Å². The molecule has 188 valence electrons. The van der Waals surface area contributed by atoms with Crippen LogP contribution in [0.25, 0.3) is 11.3 Å². The SMILES string of the molecule is COc1ccc(OC)c(-c2csc(N3CCN(S(=O)(=O)c4c(F)c(F)c(F)c(F)c4F)CC3)n2)c1. The summed E-state index contributed by atoms with van der Waals surface area (Å²) in [7, 11) is -1.94. The number of hydrogen-bond donors (Lipinski definition) is 0. The second kappa shape index (κ2) is 9.59. The van der Waals surface area contributed by atoms with Crippen molar-refractivity contribution in [3.05, 3.63) is 52.7 Å². The van der Waals surface area contributed by atoms with E-state index in [1.165, 1.54) is 25.6 Å². The van der Waals surface area contributed by atoms with Gasteiger partial charge in [-0.1, -0.05) is 0 Å². The summed E-state index contributed by atoms with van der Waals surface area (Å²) in [5.74, 6) is -10.7. The molecule has 2 heterocycles. The Morgan fingerprint density at radius 1 is 0.886 bits per heavy atom. The predicted octanol–water partition coefficient (Wildman–Crippen LogP) is 4.03. The number of thiazole rings is 1. The van der Waals surface area contributed by atoms with Crippen molar-refractivity contribution in [3.8, 4) is 22.8 Å². The number of ether oxygens (including phenoxy) is 2. The second-order valence-electron chi connectivity index (χ2n) is 7.37. The van der Waals surface area contributed by atoms with Crippen LogP contribution >= 0.6 is 11.3 Å². The monoisotopic (exact) mass is 535 g/mol. The van der Waals surface area contributed by atoms with E-state index in [2.05, 4.69) is 4.98 Å². The van der Waals surface area contributed by atoms with E-state index in [4.69, 9.17) is 9.47 Å². The summed E-state index contributed by atoms with van der Waals surface area (Å²) >= 11 is 1.29. The van der Waals surface area contributed by atoms with E-state index in [0.717, 1.165) is 0 Å². The number of sulfonamides is 1. The standard InChI is InChI=1S/C21H18F5N3O4S2/c1-32-11-3-4-14(33-2)12(9-11)13-10-34-21(27-13)28-5-7-29(8-6-28)35(30,31)20-18(25)16(23)15(22)17(24)19(20)26/h3-4,9-10H,5-8H2,1-2H3. The molecule has 1 aromatic heterocycles. The molecule has 2 aromatic carbocycles. The van der Waals surface area contributed by atoms with E-state index >= 15 is 0 Å². The smallest absolute Gasteiger partial charge is 0.249 e. The fraction of sp³-hybridized carbons (Fsp3) is 0.286. The zero-order valence-electron chi connectivity index (χ0n) is 18.3. The molecule has 0 saturated carbocycles. The van der Waals surface area contributed by atoms with E-state index in [-0.39, 0.29) is 26.2 Å². The molecule has 0 unspecified atom stereocenters. The van der Waals surface area contributed by atoms with Gasteiger partial charge in [-0.3, -0.25) is 0 Å². The first-order valence-corrected chi connectivity index (χ1v) is 12.4. The van der Waals surface area contributed by atoms with Gasteiger partial charge in [0.25, 0.3) is 0 Å². The Labute approximate surface area is 201 Å². The van der Waals surface area contributed by atoms with E-state index in [9.17, 15) is 30.4 Å². The number of piperazine rings is 1. The highest BCUT2D eigenvalue weighted by atomic mass is 32.2. The molecule has 0 atom stereocenters.